The molecule has 0 radical (unpaired) electrons. The van der Waals surface area contributed by atoms with E-state index < -0.39 is 0 Å². The van der Waals surface area contributed by atoms with E-state index in [0.29, 0.717) is 0 Å². The van der Waals surface area contributed by atoms with Crippen LogP contribution in [0.25, 0.3) is 0 Å². The Hall–Kier alpha value is -0.460. The van der Waals surface area contributed by atoms with Crippen molar-refractivity contribution in [3.05, 3.63) is 11.8 Å². The van der Waals surface area contributed by atoms with Gasteiger partial charge in [0.2, 0.25) is 0 Å². The van der Waals surface area contributed by atoms with Gasteiger partial charge in [0.25, 0.3) is 0 Å². The molecule has 1 aliphatic carbocycles. The molecule has 0 spiro atoms. The summed E-state index contributed by atoms with van der Waals surface area (Å²) in [6.07, 6.45) is 8.35. The van der Waals surface area contributed by atoms with Crippen LogP contribution in [0, 0.1) is 5.92 Å². The van der Waals surface area contributed by atoms with Crippen LogP contribution in [0.3, 0.4) is 0 Å². The summed E-state index contributed by atoms with van der Waals surface area (Å²) in [4.78, 5) is 0. The van der Waals surface area contributed by atoms with Crippen molar-refractivity contribution >= 4 is 0 Å². The van der Waals surface area contributed by atoms with Crippen LogP contribution in [0.1, 0.15) is 39.0 Å². The fourth-order valence-corrected chi connectivity index (χ4v) is 1.62. The minimum atomic E-state index is 0.976. The second-order valence-corrected chi connectivity index (χ2v) is 3.18. The predicted octanol–water partition coefficient (Wildman–Crippen LogP) is 2.43. The minimum Gasteiger partial charge on any atom is -0.405 e. The molecule has 0 amide bonds. The van der Waals surface area contributed by atoms with Gasteiger partial charge in [0.1, 0.15) is 0 Å². The molecule has 1 rings (SSSR count). The Morgan fingerprint density at radius 1 is 1.50 bits per heavy atom. The average molecular weight is 139 g/mol. The standard InChI is InChI=1S/C9H17N/c1-2-8-3-5-9(7-10)6-4-8/h7-8H,2-6,10H2,1H3. The van der Waals surface area contributed by atoms with Crippen LogP contribution < -0.4 is 5.73 Å². The largest absolute Gasteiger partial charge is 0.405 e. The van der Waals surface area contributed by atoms with Crippen LogP contribution in [0.4, 0.5) is 0 Å². The monoisotopic (exact) mass is 139 g/mol. The van der Waals surface area contributed by atoms with E-state index in [1.807, 2.05) is 0 Å². The van der Waals surface area contributed by atoms with Gasteiger partial charge < -0.3 is 5.73 Å². The lowest BCUT2D eigenvalue weighted by atomic mass is 9.85. The molecule has 1 aliphatic rings. The Morgan fingerprint density at radius 3 is 2.50 bits per heavy atom. The molecule has 0 atom stereocenters. The highest BCUT2D eigenvalue weighted by Crippen LogP contribution is 2.29. The lowest BCUT2D eigenvalue weighted by molar-refractivity contribution is 0.397. The molecule has 2 N–H and O–H groups in total. The zero-order chi connectivity index (χ0) is 7.40. The maximum absolute atomic E-state index is 5.43. The van der Waals surface area contributed by atoms with Crippen LogP contribution in [-0.2, 0) is 0 Å². The van der Waals surface area contributed by atoms with Gasteiger partial charge in [-0.05, 0) is 37.8 Å². The van der Waals surface area contributed by atoms with Crippen LogP contribution in [0.2, 0.25) is 0 Å². The first-order valence-corrected chi connectivity index (χ1v) is 4.26. The van der Waals surface area contributed by atoms with Crippen molar-refractivity contribution in [1.29, 1.82) is 0 Å². The Morgan fingerprint density at radius 2 is 2.10 bits per heavy atom. The number of allylic oxidation sites excluding steroid dienone is 1. The molecule has 0 aromatic heterocycles. The van der Waals surface area contributed by atoms with E-state index in [4.69, 9.17) is 5.73 Å². The quantitative estimate of drug-likeness (QED) is 0.593. The molecule has 0 heterocycles. The van der Waals surface area contributed by atoms with E-state index >= 15 is 0 Å². The van der Waals surface area contributed by atoms with E-state index in [1.165, 1.54) is 37.7 Å². The summed E-state index contributed by atoms with van der Waals surface area (Å²) < 4.78 is 0. The third-order valence-electron chi connectivity index (χ3n) is 2.56. The zero-order valence-electron chi connectivity index (χ0n) is 6.77. The Bertz CT molecular complexity index is 117. The normalized spacial score (nSPS) is 26.5. The lowest BCUT2D eigenvalue weighted by Gasteiger charge is -2.21. The highest BCUT2D eigenvalue weighted by atomic mass is 14.5. The molecule has 0 unspecified atom stereocenters. The summed E-state index contributed by atoms with van der Waals surface area (Å²) in [5.41, 5.74) is 6.89. The highest BCUT2D eigenvalue weighted by molar-refractivity contribution is 5.02. The van der Waals surface area contributed by atoms with Crippen LogP contribution in [0.15, 0.2) is 11.8 Å². The van der Waals surface area contributed by atoms with Crippen molar-refractivity contribution in [3.8, 4) is 0 Å². The van der Waals surface area contributed by atoms with E-state index in [9.17, 15) is 0 Å². The average Bonchev–Trinajstić information content (AvgIpc) is 2.05. The summed E-state index contributed by atoms with van der Waals surface area (Å²) in [6.45, 7) is 2.28. The molecule has 0 aliphatic heterocycles. The van der Waals surface area contributed by atoms with Gasteiger partial charge in [-0.15, -0.1) is 0 Å². The molecular weight excluding hydrogens is 122 g/mol. The molecule has 58 valence electrons. The SMILES string of the molecule is CCC1CCC(=CN)CC1. The summed E-state index contributed by atoms with van der Waals surface area (Å²) in [5.74, 6) is 0.976. The van der Waals surface area contributed by atoms with Crippen LogP contribution in [-0.4, -0.2) is 0 Å². The third kappa shape index (κ3) is 1.76. The molecule has 0 aromatic carbocycles. The molecule has 0 aromatic rings. The third-order valence-corrected chi connectivity index (χ3v) is 2.56. The van der Waals surface area contributed by atoms with E-state index in [-0.39, 0.29) is 0 Å². The summed E-state index contributed by atoms with van der Waals surface area (Å²) in [5, 5.41) is 0. The molecule has 1 heteroatoms. The first-order chi connectivity index (χ1) is 4.86. The summed E-state index contributed by atoms with van der Waals surface area (Å²) >= 11 is 0. The number of hydrogen-bond acceptors (Lipinski definition) is 1. The maximum Gasteiger partial charge on any atom is -0.00705 e. The smallest absolute Gasteiger partial charge is 0.00705 e. The Balaban J connectivity index is 2.31. The van der Waals surface area contributed by atoms with Crippen LogP contribution in [0.5, 0.6) is 0 Å². The molecule has 1 fully saturated rings. The van der Waals surface area contributed by atoms with Crippen molar-refractivity contribution in [2.24, 2.45) is 11.7 Å². The van der Waals surface area contributed by atoms with E-state index in [1.54, 1.807) is 6.20 Å². The fraction of sp³-hybridized carbons (Fsp3) is 0.778. The maximum atomic E-state index is 5.43. The van der Waals surface area contributed by atoms with Crippen molar-refractivity contribution in [2.45, 2.75) is 39.0 Å². The topological polar surface area (TPSA) is 26.0 Å². The Labute approximate surface area is 63.3 Å². The van der Waals surface area contributed by atoms with Gasteiger partial charge in [-0.25, -0.2) is 0 Å². The molecule has 1 nitrogen and oxygen atoms in total. The van der Waals surface area contributed by atoms with Gasteiger partial charge in [0, 0.05) is 0 Å². The Kier molecular flexibility index (Phi) is 2.79. The van der Waals surface area contributed by atoms with E-state index in [0.717, 1.165) is 5.92 Å². The first kappa shape index (κ1) is 7.64. The van der Waals surface area contributed by atoms with Gasteiger partial charge in [-0.1, -0.05) is 18.9 Å². The fourth-order valence-electron chi connectivity index (χ4n) is 1.62. The summed E-state index contributed by atoms with van der Waals surface area (Å²) in [7, 11) is 0. The van der Waals surface area contributed by atoms with Crippen LogP contribution >= 0.6 is 0 Å². The lowest BCUT2D eigenvalue weighted by Crippen LogP contribution is -2.07. The van der Waals surface area contributed by atoms with Crippen molar-refractivity contribution in [1.82, 2.24) is 0 Å². The predicted molar refractivity (Wildman–Crippen MR) is 44.5 cm³/mol. The van der Waals surface area contributed by atoms with Crippen molar-refractivity contribution in [3.63, 3.8) is 0 Å². The summed E-state index contributed by atoms with van der Waals surface area (Å²) in [6, 6.07) is 0. The number of nitrogens with two attached hydrogens (primary N) is 1. The molecular formula is C9H17N. The van der Waals surface area contributed by atoms with Gasteiger partial charge in [0.05, 0.1) is 0 Å². The molecule has 1 saturated carbocycles. The molecule has 10 heavy (non-hydrogen) atoms. The van der Waals surface area contributed by atoms with Gasteiger partial charge in [-0.2, -0.15) is 0 Å². The van der Waals surface area contributed by atoms with Crippen molar-refractivity contribution < 1.29 is 0 Å². The zero-order valence-corrected chi connectivity index (χ0v) is 6.77. The molecule has 0 bridgehead atoms. The second kappa shape index (κ2) is 3.65. The number of hydrogen-bond donors (Lipinski definition) is 1. The van der Waals surface area contributed by atoms with Crippen molar-refractivity contribution in [2.75, 3.05) is 0 Å². The number of rotatable bonds is 1. The first-order valence-electron chi connectivity index (χ1n) is 4.26. The van der Waals surface area contributed by atoms with Gasteiger partial charge in [0.15, 0.2) is 0 Å². The van der Waals surface area contributed by atoms with Gasteiger partial charge in [-0.3, -0.25) is 0 Å². The van der Waals surface area contributed by atoms with Gasteiger partial charge >= 0.3 is 0 Å². The second-order valence-electron chi connectivity index (χ2n) is 3.18. The molecule has 0 saturated heterocycles. The van der Waals surface area contributed by atoms with E-state index in [2.05, 4.69) is 6.92 Å². The minimum absolute atomic E-state index is 0.976. The highest BCUT2D eigenvalue weighted by Gasteiger charge is 2.13.